The highest BCUT2D eigenvalue weighted by molar-refractivity contribution is 5.95. The molecule has 0 saturated carbocycles. The number of nitrogens with zero attached hydrogens (tertiary/aromatic N) is 6. The first-order valence-corrected chi connectivity index (χ1v) is 9.58. The van der Waals surface area contributed by atoms with Crippen LogP contribution in [0.1, 0.15) is 46.1 Å². The van der Waals surface area contributed by atoms with Gasteiger partial charge in [0, 0.05) is 17.9 Å². The van der Waals surface area contributed by atoms with Crippen molar-refractivity contribution in [2.24, 2.45) is 0 Å². The largest absolute Gasteiger partial charge is 0.310 e. The van der Waals surface area contributed by atoms with Crippen molar-refractivity contribution in [2.45, 2.75) is 40.0 Å². The van der Waals surface area contributed by atoms with Gasteiger partial charge in [-0.1, -0.05) is 23.8 Å². The van der Waals surface area contributed by atoms with Crippen LogP contribution in [0, 0.1) is 27.7 Å². The van der Waals surface area contributed by atoms with E-state index in [1.807, 2.05) is 26.0 Å². The van der Waals surface area contributed by atoms with E-state index in [1.54, 1.807) is 9.20 Å². The quantitative estimate of drug-likeness (QED) is 0.571. The third kappa shape index (κ3) is 2.71. The summed E-state index contributed by atoms with van der Waals surface area (Å²) < 4.78 is 3.38. The van der Waals surface area contributed by atoms with Gasteiger partial charge in [-0.15, -0.1) is 15.3 Å². The molecule has 8 nitrogen and oxygen atoms in total. The highest BCUT2D eigenvalue weighted by atomic mass is 16.1. The second-order valence-electron chi connectivity index (χ2n) is 7.63. The van der Waals surface area contributed by atoms with E-state index in [2.05, 4.69) is 52.7 Å². The van der Waals surface area contributed by atoms with Gasteiger partial charge in [0.2, 0.25) is 5.91 Å². The third-order valence-electron chi connectivity index (χ3n) is 5.53. The maximum atomic E-state index is 12.6. The minimum Gasteiger partial charge on any atom is -0.310 e. The fraction of sp³-hybridized carbons (Fsp3) is 0.286. The fourth-order valence-electron chi connectivity index (χ4n) is 4.11. The summed E-state index contributed by atoms with van der Waals surface area (Å²) in [7, 11) is 0. The van der Waals surface area contributed by atoms with Crippen LogP contribution in [-0.4, -0.2) is 35.5 Å². The van der Waals surface area contributed by atoms with Gasteiger partial charge in [-0.2, -0.15) is 14.3 Å². The van der Waals surface area contributed by atoms with Gasteiger partial charge in [0.15, 0.2) is 17.3 Å². The first kappa shape index (κ1) is 17.5. The summed E-state index contributed by atoms with van der Waals surface area (Å²) in [6.07, 6.45) is 0.404. The van der Waals surface area contributed by atoms with E-state index in [4.69, 9.17) is 5.10 Å². The lowest BCUT2D eigenvalue weighted by Gasteiger charge is -2.25. The summed E-state index contributed by atoms with van der Waals surface area (Å²) in [5.41, 5.74) is 6.11. The third-order valence-corrected chi connectivity index (χ3v) is 5.53. The monoisotopic (exact) mass is 387 g/mol. The smallest absolute Gasteiger partial charge is 0.226 e. The molecule has 1 aliphatic rings. The van der Waals surface area contributed by atoms with Crippen LogP contribution in [0.15, 0.2) is 30.3 Å². The maximum absolute atomic E-state index is 12.6. The summed E-state index contributed by atoms with van der Waals surface area (Å²) in [5.74, 6) is 1.92. The molecule has 5 rings (SSSR count). The van der Waals surface area contributed by atoms with Gasteiger partial charge in [0.25, 0.3) is 0 Å². The van der Waals surface area contributed by atoms with Gasteiger partial charge < -0.3 is 5.32 Å². The van der Waals surface area contributed by atoms with Crippen molar-refractivity contribution in [3.8, 4) is 5.82 Å². The molecule has 3 aromatic heterocycles. The number of carbonyl (C=O) groups is 1. The fourth-order valence-corrected chi connectivity index (χ4v) is 4.11. The summed E-state index contributed by atoms with van der Waals surface area (Å²) in [5, 5.41) is 20.5. The van der Waals surface area contributed by atoms with Crippen molar-refractivity contribution in [3.05, 3.63) is 64.1 Å². The topological polar surface area (TPSA) is 90.0 Å². The van der Waals surface area contributed by atoms with Gasteiger partial charge in [-0.05, 0) is 51.0 Å². The van der Waals surface area contributed by atoms with Crippen LogP contribution in [0.4, 0.5) is 5.82 Å². The second kappa shape index (κ2) is 6.23. The molecule has 4 heterocycles. The molecular formula is C21H21N7O. The molecule has 1 N–H and O–H groups in total. The van der Waals surface area contributed by atoms with Gasteiger partial charge in [-0.25, -0.2) is 0 Å². The van der Waals surface area contributed by atoms with E-state index in [1.165, 1.54) is 16.7 Å². The Labute approximate surface area is 167 Å². The lowest BCUT2D eigenvalue weighted by atomic mass is 9.83. The molecule has 1 amide bonds. The Morgan fingerprint density at radius 3 is 2.69 bits per heavy atom. The zero-order valence-corrected chi connectivity index (χ0v) is 16.8. The van der Waals surface area contributed by atoms with Crippen molar-refractivity contribution >= 4 is 17.4 Å². The number of anilines is 1. The van der Waals surface area contributed by atoms with E-state index in [9.17, 15) is 4.79 Å². The number of carbonyl (C=O) groups excluding carboxylic acids is 1. The number of amides is 1. The molecular weight excluding hydrogens is 366 g/mol. The number of nitrogens with one attached hydrogen (secondary N) is 1. The minimum atomic E-state index is -0.0345. The van der Waals surface area contributed by atoms with E-state index in [0.29, 0.717) is 29.5 Å². The van der Waals surface area contributed by atoms with Crippen LogP contribution >= 0.6 is 0 Å². The average Bonchev–Trinajstić information content (AvgIpc) is 3.23. The predicted octanol–water partition coefficient (Wildman–Crippen LogP) is 3.02. The number of hydrogen-bond donors (Lipinski definition) is 1. The molecule has 0 bridgehead atoms. The summed E-state index contributed by atoms with van der Waals surface area (Å²) in [4.78, 5) is 12.6. The van der Waals surface area contributed by atoms with Crippen LogP contribution in [0.2, 0.25) is 0 Å². The summed E-state index contributed by atoms with van der Waals surface area (Å²) in [6, 6.07) is 10.1. The zero-order valence-electron chi connectivity index (χ0n) is 16.8. The Balaban J connectivity index is 1.70. The molecule has 8 heteroatoms. The van der Waals surface area contributed by atoms with Gasteiger partial charge in [0.1, 0.15) is 5.82 Å². The zero-order chi connectivity index (χ0) is 20.3. The van der Waals surface area contributed by atoms with Crippen LogP contribution in [-0.2, 0) is 4.79 Å². The van der Waals surface area contributed by atoms with Crippen molar-refractivity contribution in [1.29, 1.82) is 0 Å². The molecule has 0 spiro atoms. The van der Waals surface area contributed by atoms with E-state index in [0.717, 1.165) is 11.3 Å². The summed E-state index contributed by atoms with van der Waals surface area (Å²) in [6.45, 7) is 7.99. The highest BCUT2D eigenvalue weighted by Gasteiger charge is 2.33. The highest BCUT2D eigenvalue weighted by Crippen LogP contribution is 2.41. The number of hydrogen-bond acceptors (Lipinski definition) is 5. The molecule has 0 fully saturated rings. The SMILES string of the molecule is Cc1ccc(C)c(C2CC(=O)Nc3c2c(C)nn3-c2ccc3nnc(C)n3n2)c1. The molecule has 0 saturated heterocycles. The lowest BCUT2D eigenvalue weighted by Crippen LogP contribution is -2.25. The number of aryl methyl sites for hydroxylation is 4. The Kier molecular flexibility index (Phi) is 3.77. The first-order valence-electron chi connectivity index (χ1n) is 9.58. The first-order chi connectivity index (χ1) is 13.9. The lowest BCUT2D eigenvalue weighted by molar-refractivity contribution is -0.116. The van der Waals surface area contributed by atoms with E-state index in [-0.39, 0.29) is 11.8 Å². The van der Waals surface area contributed by atoms with Crippen molar-refractivity contribution in [1.82, 2.24) is 29.6 Å². The number of aromatic nitrogens is 6. The molecule has 1 atom stereocenters. The molecule has 146 valence electrons. The van der Waals surface area contributed by atoms with E-state index >= 15 is 0 Å². The van der Waals surface area contributed by atoms with Crippen LogP contribution in [0.5, 0.6) is 0 Å². The maximum Gasteiger partial charge on any atom is 0.226 e. The van der Waals surface area contributed by atoms with Gasteiger partial charge in [-0.3, -0.25) is 4.79 Å². The molecule has 1 aliphatic heterocycles. The number of benzene rings is 1. The Hall–Kier alpha value is -3.55. The Morgan fingerprint density at radius 2 is 1.86 bits per heavy atom. The molecule has 0 radical (unpaired) electrons. The van der Waals surface area contributed by atoms with Crippen LogP contribution in [0.3, 0.4) is 0 Å². The van der Waals surface area contributed by atoms with Crippen molar-refractivity contribution in [2.75, 3.05) is 5.32 Å². The average molecular weight is 387 g/mol. The number of rotatable bonds is 2. The molecule has 4 aromatic rings. The Bertz CT molecular complexity index is 1280. The summed E-state index contributed by atoms with van der Waals surface area (Å²) >= 11 is 0. The molecule has 1 aromatic carbocycles. The normalized spacial score (nSPS) is 16.1. The molecule has 0 aliphatic carbocycles. The van der Waals surface area contributed by atoms with Gasteiger partial charge in [0.05, 0.1) is 5.69 Å². The predicted molar refractivity (Wildman–Crippen MR) is 108 cm³/mol. The number of fused-ring (bicyclic) bond motifs is 2. The van der Waals surface area contributed by atoms with Crippen molar-refractivity contribution in [3.63, 3.8) is 0 Å². The standard InChI is InChI=1S/C21H21N7O/c1-11-5-6-12(2)15(9-11)16-10-19(29)22-21-20(16)13(3)25-28(21)18-8-7-17-24-23-14(4)27(17)26-18/h5-9,16H,10H2,1-4H3,(H,22,29). The van der Waals surface area contributed by atoms with E-state index < -0.39 is 0 Å². The van der Waals surface area contributed by atoms with Crippen molar-refractivity contribution < 1.29 is 4.79 Å². The Morgan fingerprint density at radius 1 is 1.03 bits per heavy atom. The molecule has 1 unspecified atom stereocenters. The van der Waals surface area contributed by atoms with Gasteiger partial charge >= 0.3 is 0 Å². The van der Waals surface area contributed by atoms with Crippen LogP contribution in [0.25, 0.3) is 11.5 Å². The van der Waals surface area contributed by atoms with Crippen LogP contribution < -0.4 is 5.32 Å². The minimum absolute atomic E-state index is 0.0221. The molecule has 29 heavy (non-hydrogen) atoms. The second-order valence-corrected chi connectivity index (χ2v) is 7.63.